The number of carbonyl (C=O) groups is 1. The number of benzene rings is 2. The van der Waals surface area contributed by atoms with Gasteiger partial charge in [-0.2, -0.15) is 0 Å². The second kappa shape index (κ2) is 5.06. The Morgan fingerprint density at radius 2 is 1.42 bits per heavy atom. The van der Waals surface area contributed by atoms with E-state index in [0.717, 1.165) is 17.0 Å². The van der Waals surface area contributed by atoms with Crippen molar-refractivity contribution in [2.24, 2.45) is 4.99 Å². The van der Waals surface area contributed by atoms with Gasteiger partial charge >= 0.3 is 0 Å². The molecule has 0 spiro atoms. The highest BCUT2D eigenvalue weighted by Crippen LogP contribution is 2.26. The van der Waals surface area contributed by atoms with E-state index >= 15 is 0 Å². The van der Waals surface area contributed by atoms with Crippen LogP contribution in [0, 0.1) is 0 Å². The van der Waals surface area contributed by atoms with Crippen LogP contribution in [0.4, 0.5) is 0 Å². The predicted octanol–water partition coefficient (Wildman–Crippen LogP) is 2.35. The molecule has 0 aromatic heterocycles. The third-order valence-electron chi connectivity index (χ3n) is 3.20. The van der Waals surface area contributed by atoms with Gasteiger partial charge in [0.1, 0.15) is 12.4 Å². The molecule has 0 unspecified atom stereocenters. The van der Waals surface area contributed by atoms with Crippen LogP contribution in [0.25, 0.3) is 0 Å². The van der Waals surface area contributed by atoms with Gasteiger partial charge in [-0.15, -0.1) is 0 Å². The van der Waals surface area contributed by atoms with Crippen LogP contribution in [0.3, 0.4) is 0 Å². The van der Waals surface area contributed by atoms with Crippen molar-refractivity contribution in [3.63, 3.8) is 0 Å². The topological polar surface area (TPSA) is 41.5 Å². The average molecular weight is 250 g/mol. The Morgan fingerprint density at radius 1 is 0.895 bits per heavy atom. The fourth-order valence-corrected chi connectivity index (χ4v) is 2.34. The molecular weight excluding hydrogens is 236 g/mol. The molecule has 0 atom stereocenters. The smallest absolute Gasteiger partial charge is 0.247 e. The Hall–Kier alpha value is -2.42. The predicted molar refractivity (Wildman–Crippen MR) is 75.2 cm³/mol. The summed E-state index contributed by atoms with van der Waals surface area (Å²) in [7, 11) is 0. The number of hydrogen-bond acceptors (Lipinski definition) is 2. The first-order chi connectivity index (χ1) is 9.34. The van der Waals surface area contributed by atoms with Gasteiger partial charge in [-0.25, -0.2) is 0 Å². The number of hydrogen-bond donors (Lipinski definition) is 1. The molecule has 0 radical (unpaired) electrons. The molecule has 2 aromatic rings. The number of aliphatic imine (C=N–C) groups is 1. The lowest BCUT2D eigenvalue weighted by molar-refractivity contribution is -0.117. The molecule has 3 rings (SSSR count). The number of nitrogens with one attached hydrogen (secondary N) is 1. The highest BCUT2D eigenvalue weighted by Gasteiger charge is 2.25. The Kier molecular flexibility index (Phi) is 3.11. The van der Waals surface area contributed by atoms with Gasteiger partial charge in [-0.3, -0.25) is 9.79 Å². The largest absolute Gasteiger partial charge is 0.312 e. The van der Waals surface area contributed by atoms with Crippen LogP contribution < -0.4 is 5.32 Å². The first-order valence-corrected chi connectivity index (χ1v) is 6.28. The molecule has 2 aromatic carbocycles. The van der Waals surface area contributed by atoms with Gasteiger partial charge < -0.3 is 5.32 Å². The molecule has 0 saturated carbocycles. The maximum atomic E-state index is 11.4. The number of amidine groups is 1. The van der Waals surface area contributed by atoms with Crippen molar-refractivity contribution >= 4 is 11.7 Å². The first kappa shape index (κ1) is 11.7. The van der Waals surface area contributed by atoms with Gasteiger partial charge in [0.15, 0.2) is 0 Å². The standard InChI is InChI=1S/C16H14N2O/c19-14-11-17-16(18-14)15(12-7-3-1-4-8-12)13-9-5-2-6-10-13/h1-10,15H,11H2,(H,17,18,19). The van der Waals surface area contributed by atoms with Crippen LogP contribution >= 0.6 is 0 Å². The van der Waals surface area contributed by atoms with Gasteiger partial charge in [0.2, 0.25) is 5.91 Å². The quantitative estimate of drug-likeness (QED) is 0.892. The number of carbonyl (C=O) groups excluding carboxylic acids is 1. The second-order valence-corrected chi connectivity index (χ2v) is 4.50. The van der Waals surface area contributed by atoms with E-state index < -0.39 is 0 Å². The zero-order valence-corrected chi connectivity index (χ0v) is 10.4. The summed E-state index contributed by atoms with van der Waals surface area (Å²) < 4.78 is 0. The third kappa shape index (κ3) is 2.40. The monoisotopic (exact) mass is 250 g/mol. The van der Waals surface area contributed by atoms with E-state index in [1.807, 2.05) is 36.4 Å². The van der Waals surface area contributed by atoms with Crippen molar-refractivity contribution in [3.8, 4) is 0 Å². The Labute approximate surface area is 112 Å². The minimum atomic E-state index is -0.0353. The Bertz CT molecular complexity index is 566. The molecule has 3 nitrogen and oxygen atoms in total. The van der Waals surface area contributed by atoms with E-state index in [-0.39, 0.29) is 18.4 Å². The zero-order chi connectivity index (χ0) is 13.1. The Morgan fingerprint density at radius 3 is 1.84 bits per heavy atom. The molecule has 94 valence electrons. The molecule has 1 N–H and O–H groups in total. The SMILES string of the molecule is O=C1CN=C(C(c2ccccc2)c2ccccc2)N1. The van der Waals surface area contributed by atoms with Crippen molar-refractivity contribution in [1.29, 1.82) is 0 Å². The Balaban J connectivity index is 2.04. The molecule has 0 fully saturated rings. The number of amides is 1. The lowest BCUT2D eigenvalue weighted by atomic mass is 9.90. The van der Waals surface area contributed by atoms with Gasteiger partial charge in [0, 0.05) is 0 Å². The van der Waals surface area contributed by atoms with Crippen molar-refractivity contribution < 1.29 is 4.79 Å². The first-order valence-electron chi connectivity index (χ1n) is 6.28. The van der Waals surface area contributed by atoms with Crippen LogP contribution in [-0.4, -0.2) is 18.3 Å². The summed E-state index contributed by atoms with van der Waals surface area (Å²) in [5, 5.41) is 2.86. The van der Waals surface area contributed by atoms with E-state index in [1.54, 1.807) is 0 Å². The minimum Gasteiger partial charge on any atom is -0.312 e. The minimum absolute atomic E-state index is 0.00569. The second-order valence-electron chi connectivity index (χ2n) is 4.50. The summed E-state index contributed by atoms with van der Waals surface area (Å²) in [6.07, 6.45) is 0. The van der Waals surface area contributed by atoms with Crippen LogP contribution in [0.15, 0.2) is 65.7 Å². The maximum Gasteiger partial charge on any atom is 0.247 e. The summed E-state index contributed by atoms with van der Waals surface area (Å²) in [5.41, 5.74) is 2.27. The molecule has 19 heavy (non-hydrogen) atoms. The molecule has 1 aliphatic rings. The van der Waals surface area contributed by atoms with Crippen molar-refractivity contribution in [2.75, 3.05) is 6.54 Å². The van der Waals surface area contributed by atoms with E-state index in [4.69, 9.17) is 0 Å². The van der Waals surface area contributed by atoms with Gasteiger partial charge in [0.05, 0.1) is 5.92 Å². The summed E-state index contributed by atoms with van der Waals surface area (Å²) in [5.74, 6) is 0.697. The normalized spacial score (nSPS) is 14.4. The fourth-order valence-electron chi connectivity index (χ4n) is 2.34. The number of rotatable bonds is 3. The summed E-state index contributed by atoms with van der Waals surface area (Å²) in [6, 6.07) is 20.2. The molecule has 0 saturated heterocycles. The fraction of sp³-hybridized carbons (Fsp3) is 0.125. The third-order valence-corrected chi connectivity index (χ3v) is 3.20. The van der Waals surface area contributed by atoms with Crippen molar-refractivity contribution in [2.45, 2.75) is 5.92 Å². The molecule has 3 heteroatoms. The van der Waals surface area contributed by atoms with Crippen LogP contribution in [0.2, 0.25) is 0 Å². The molecule has 1 amide bonds. The van der Waals surface area contributed by atoms with Gasteiger partial charge in [-0.05, 0) is 11.1 Å². The summed E-state index contributed by atoms with van der Waals surface area (Å²) in [4.78, 5) is 15.7. The molecule has 0 bridgehead atoms. The average Bonchev–Trinajstić information content (AvgIpc) is 2.88. The molecule has 1 heterocycles. The zero-order valence-electron chi connectivity index (χ0n) is 10.4. The van der Waals surface area contributed by atoms with E-state index in [2.05, 4.69) is 34.6 Å². The number of nitrogens with zero attached hydrogens (tertiary/aromatic N) is 1. The van der Waals surface area contributed by atoms with Gasteiger partial charge in [-0.1, -0.05) is 60.7 Å². The highest BCUT2D eigenvalue weighted by atomic mass is 16.2. The van der Waals surface area contributed by atoms with Gasteiger partial charge in [0.25, 0.3) is 0 Å². The van der Waals surface area contributed by atoms with E-state index in [9.17, 15) is 4.79 Å². The lowest BCUT2D eigenvalue weighted by Crippen LogP contribution is -2.30. The van der Waals surface area contributed by atoms with Crippen molar-refractivity contribution in [1.82, 2.24) is 5.32 Å². The molecule has 1 aliphatic heterocycles. The lowest BCUT2D eigenvalue weighted by Gasteiger charge is -2.18. The van der Waals surface area contributed by atoms with E-state index in [0.29, 0.717) is 0 Å². The van der Waals surface area contributed by atoms with E-state index in [1.165, 1.54) is 0 Å². The molecular formula is C16H14N2O. The van der Waals surface area contributed by atoms with Crippen molar-refractivity contribution in [3.05, 3.63) is 71.8 Å². The van der Waals surface area contributed by atoms with Crippen LogP contribution in [-0.2, 0) is 4.79 Å². The summed E-state index contributed by atoms with van der Waals surface area (Å²) >= 11 is 0. The summed E-state index contributed by atoms with van der Waals surface area (Å²) in [6.45, 7) is 0.228. The maximum absolute atomic E-state index is 11.4. The van der Waals surface area contributed by atoms with Crippen LogP contribution in [0.5, 0.6) is 0 Å². The van der Waals surface area contributed by atoms with Crippen LogP contribution in [0.1, 0.15) is 17.0 Å². The highest BCUT2D eigenvalue weighted by molar-refractivity contribution is 6.08. The molecule has 0 aliphatic carbocycles.